The predicted molar refractivity (Wildman–Crippen MR) is 54.8 cm³/mol. The Kier molecular flexibility index (Phi) is 2.10. The van der Waals surface area contributed by atoms with Crippen molar-refractivity contribution in [2.75, 3.05) is 0 Å². The van der Waals surface area contributed by atoms with Crippen molar-refractivity contribution in [3.8, 4) is 10.6 Å². The van der Waals surface area contributed by atoms with Crippen molar-refractivity contribution < 1.29 is 0 Å². The monoisotopic (exact) mass is 190 g/mol. The zero-order valence-corrected chi connectivity index (χ0v) is 8.43. The molecule has 1 aromatic heterocycles. The molecule has 0 atom stereocenters. The lowest BCUT2D eigenvalue weighted by atomic mass is 10.1. The van der Waals surface area contributed by atoms with E-state index in [1.54, 1.807) is 16.8 Å². The fourth-order valence-electron chi connectivity index (χ4n) is 1.40. The summed E-state index contributed by atoms with van der Waals surface area (Å²) >= 11 is 1.57. The van der Waals surface area contributed by atoms with Crippen LogP contribution in [0.2, 0.25) is 0 Å². The number of hydrogen-bond acceptors (Lipinski definition) is 3. The van der Waals surface area contributed by atoms with Gasteiger partial charge in [-0.3, -0.25) is 0 Å². The first-order chi connectivity index (χ1) is 6.25. The molecular formula is C10H10N2S. The number of aryl methyl sites for hydroxylation is 2. The molecule has 0 saturated carbocycles. The fourth-order valence-corrected chi connectivity index (χ4v) is 1.94. The Morgan fingerprint density at radius 2 is 1.77 bits per heavy atom. The minimum Gasteiger partial charge on any atom is -0.147 e. The summed E-state index contributed by atoms with van der Waals surface area (Å²) < 4.78 is 0. The van der Waals surface area contributed by atoms with E-state index >= 15 is 0 Å². The lowest BCUT2D eigenvalue weighted by molar-refractivity contribution is 1.09. The molecule has 0 aliphatic rings. The van der Waals surface area contributed by atoms with E-state index in [9.17, 15) is 0 Å². The molecule has 0 N–H and O–H groups in total. The summed E-state index contributed by atoms with van der Waals surface area (Å²) in [6.45, 7) is 4.19. The van der Waals surface area contributed by atoms with E-state index in [2.05, 4.69) is 42.2 Å². The van der Waals surface area contributed by atoms with Gasteiger partial charge in [-0.25, -0.2) is 0 Å². The van der Waals surface area contributed by atoms with E-state index < -0.39 is 0 Å². The maximum absolute atomic E-state index is 4.04. The molecule has 0 aliphatic heterocycles. The third-order valence-electron chi connectivity index (χ3n) is 1.83. The second-order valence-corrected chi connectivity index (χ2v) is 3.95. The zero-order chi connectivity index (χ0) is 9.26. The van der Waals surface area contributed by atoms with Gasteiger partial charge in [0.15, 0.2) is 0 Å². The van der Waals surface area contributed by atoms with Crippen LogP contribution in [0.15, 0.2) is 23.7 Å². The van der Waals surface area contributed by atoms with Crippen LogP contribution in [0.4, 0.5) is 0 Å². The minimum absolute atomic E-state index is 0.992. The van der Waals surface area contributed by atoms with E-state index in [4.69, 9.17) is 0 Å². The average Bonchev–Trinajstić information content (AvgIpc) is 2.53. The highest BCUT2D eigenvalue weighted by Gasteiger charge is 2.01. The van der Waals surface area contributed by atoms with E-state index in [0.717, 1.165) is 5.01 Å². The zero-order valence-electron chi connectivity index (χ0n) is 7.61. The van der Waals surface area contributed by atoms with Gasteiger partial charge in [0.1, 0.15) is 10.5 Å². The molecule has 1 heterocycles. The lowest BCUT2D eigenvalue weighted by Crippen LogP contribution is -1.81. The van der Waals surface area contributed by atoms with Crippen LogP contribution in [0.5, 0.6) is 0 Å². The van der Waals surface area contributed by atoms with Gasteiger partial charge in [-0.15, -0.1) is 10.2 Å². The van der Waals surface area contributed by atoms with Crippen molar-refractivity contribution in [1.29, 1.82) is 0 Å². The van der Waals surface area contributed by atoms with Crippen LogP contribution in [0.3, 0.4) is 0 Å². The van der Waals surface area contributed by atoms with Crippen LogP contribution >= 0.6 is 11.3 Å². The summed E-state index contributed by atoms with van der Waals surface area (Å²) in [5.74, 6) is 0. The normalized spacial score (nSPS) is 10.3. The Morgan fingerprint density at radius 3 is 2.31 bits per heavy atom. The van der Waals surface area contributed by atoms with Gasteiger partial charge in [-0.05, 0) is 26.0 Å². The molecular weight excluding hydrogens is 180 g/mol. The minimum atomic E-state index is 0.992. The van der Waals surface area contributed by atoms with Crippen LogP contribution in [0.25, 0.3) is 10.6 Å². The first kappa shape index (κ1) is 8.38. The van der Waals surface area contributed by atoms with Gasteiger partial charge in [-0.1, -0.05) is 28.5 Å². The van der Waals surface area contributed by atoms with E-state index in [-0.39, 0.29) is 0 Å². The van der Waals surface area contributed by atoms with Gasteiger partial charge in [0.2, 0.25) is 0 Å². The number of hydrogen-bond donors (Lipinski definition) is 0. The highest BCUT2D eigenvalue weighted by Crippen LogP contribution is 2.22. The number of aromatic nitrogens is 2. The molecule has 0 fully saturated rings. The molecule has 2 rings (SSSR count). The maximum Gasteiger partial charge on any atom is 0.147 e. The van der Waals surface area contributed by atoms with Crippen LogP contribution < -0.4 is 0 Å². The summed E-state index contributed by atoms with van der Waals surface area (Å²) in [6.07, 6.45) is 0. The first-order valence-electron chi connectivity index (χ1n) is 4.10. The SMILES string of the molecule is Cc1cc(C)cc(-c2nncs2)c1. The lowest BCUT2D eigenvalue weighted by Gasteiger charge is -2.00. The van der Waals surface area contributed by atoms with Crippen molar-refractivity contribution in [3.63, 3.8) is 0 Å². The molecule has 66 valence electrons. The van der Waals surface area contributed by atoms with Crippen LogP contribution in [-0.2, 0) is 0 Å². The Labute approximate surface area is 81.3 Å². The van der Waals surface area contributed by atoms with Crippen LogP contribution in [0, 0.1) is 13.8 Å². The van der Waals surface area contributed by atoms with Gasteiger partial charge in [0.25, 0.3) is 0 Å². The molecule has 0 bridgehead atoms. The van der Waals surface area contributed by atoms with Gasteiger partial charge >= 0.3 is 0 Å². The average molecular weight is 190 g/mol. The summed E-state index contributed by atoms with van der Waals surface area (Å²) in [4.78, 5) is 0. The second kappa shape index (κ2) is 3.26. The van der Waals surface area contributed by atoms with Crippen molar-refractivity contribution in [3.05, 3.63) is 34.8 Å². The standard InChI is InChI=1S/C10H10N2S/c1-7-3-8(2)5-9(4-7)10-12-11-6-13-10/h3-6H,1-2H3. The van der Waals surface area contributed by atoms with Gasteiger partial charge in [-0.2, -0.15) is 0 Å². The highest BCUT2D eigenvalue weighted by molar-refractivity contribution is 7.12. The number of benzene rings is 1. The third-order valence-corrected chi connectivity index (χ3v) is 2.57. The highest BCUT2D eigenvalue weighted by atomic mass is 32.1. The van der Waals surface area contributed by atoms with Crippen molar-refractivity contribution in [2.45, 2.75) is 13.8 Å². The van der Waals surface area contributed by atoms with Crippen LogP contribution in [0.1, 0.15) is 11.1 Å². The molecule has 0 amide bonds. The molecule has 2 nitrogen and oxygen atoms in total. The molecule has 3 heteroatoms. The quantitative estimate of drug-likeness (QED) is 0.691. The molecule has 13 heavy (non-hydrogen) atoms. The fraction of sp³-hybridized carbons (Fsp3) is 0.200. The Morgan fingerprint density at radius 1 is 1.08 bits per heavy atom. The molecule has 1 aromatic carbocycles. The van der Waals surface area contributed by atoms with E-state index in [1.165, 1.54) is 16.7 Å². The van der Waals surface area contributed by atoms with Gasteiger partial charge in [0.05, 0.1) is 0 Å². The number of rotatable bonds is 1. The Balaban J connectivity index is 2.53. The molecule has 0 unspecified atom stereocenters. The van der Waals surface area contributed by atoms with Gasteiger partial charge < -0.3 is 0 Å². The maximum atomic E-state index is 4.04. The van der Waals surface area contributed by atoms with Crippen LogP contribution in [-0.4, -0.2) is 10.2 Å². The molecule has 0 radical (unpaired) electrons. The number of nitrogens with zero attached hydrogens (tertiary/aromatic N) is 2. The molecule has 2 aromatic rings. The Hall–Kier alpha value is -1.22. The van der Waals surface area contributed by atoms with E-state index in [0.29, 0.717) is 0 Å². The van der Waals surface area contributed by atoms with Crippen molar-refractivity contribution in [2.24, 2.45) is 0 Å². The summed E-state index contributed by atoms with van der Waals surface area (Å²) in [6, 6.07) is 6.42. The topological polar surface area (TPSA) is 25.8 Å². The largest absolute Gasteiger partial charge is 0.147 e. The molecule has 0 aliphatic carbocycles. The third kappa shape index (κ3) is 1.75. The summed E-state index contributed by atoms with van der Waals surface area (Å²) in [7, 11) is 0. The first-order valence-corrected chi connectivity index (χ1v) is 4.98. The van der Waals surface area contributed by atoms with E-state index in [1.807, 2.05) is 0 Å². The smallest absolute Gasteiger partial charge is 0.147 e. The summed E-state index contributed by atoms with van der Waals surface area (Å²) in [5.41, 5.74) is 5.46. The second-order valence-electron chi connectivity index (χ2n) is 3.12. The van der Waals surface area contributed by atoms with Crippen molar-refractivity contribution >= 4 is 11.3 Å². The Bertz CT molecular complexity index is 387. The van der Waals surface area contributed by atoms with Gasteiger partial charge in [0, 0.05) is 5.56 Å². The summed E-state index contributed by atoms with van der Waals surface area (Å²) in [5, 5.41) is 8.86. The molecule has 0 spiro atoms. The van der Waals surface area contributed by atoms with Crippen molar-refractivity contribution in [1.82, 2.24) is 10.2 Å². The molecule has 0 saturated heterocycles. The predicted octanol–water partition coefficient (Wildman–Crippen LogP) is 2.82.